The van der Waals surface area contributed by atoms with Crippen molar-refractivity contribution in [1.82, 2.24) is 10.2 Å². The highest BCUT2D eigenvalue weighted by Crippen LogP contribution is 2.33. The fourth-order valence-electron chi connectivity index (χ4n) is 2.66. The van der Waals surface area contributed by atoms with E-state index < -0.39 is 0 Å². The van der Waals surface area contributed by atoms with Gasteiger partial charge in [0.2, 0.25) is 5.91 Å². The Labute approximate surface area is 97.6 Å². The molecule has 1 amide bonds. The molecule has 2 saturated carbocycles. The summed E-state index contributed by atoms with van der Waals surface area (Å²) in [4.78, 5) is 13.9. The normalized spacial score (nSPS) is 23.7. The van der Waals surface area contributed by atoms with Gasteiger partial charge < -0.3 is 11.1 Å². The summed E-state index contributed by atoms with van der Waals surface area (Å²) < 4.78 is 0. The van der Waals surface area contributed by atoms with E-state index >= 15 is 0 Å². The van der Waals surface area contributed by atoms with Crippen LogP contribution in [0.15, 0.2) is 0 Å². The molecule has 2 fully saturated rings. The Kier molecular flexibility index (Phi) is 3.50. The van der Waals surface area contributed by atoms with E-state index in [9.17, 15) is 4.79 Å². The molecule has 4 heteroatoms. The summed E-state index contributed by atoms with van der Waals surface area (Å²) in [5.41, 5.74) is 5.97. The van der Waals surface area contributed by atoms with Crippen LogP contribution < -0.4 is 11.1 Å². The standard InChI is InChI=1S/C12H23N3O/c1-15(8-11(16)14-10-4-5-10)12(9-13)6-2-3-7-12/h10H,2-9,13H2,1H3,(H,14,16). The maximum Gasteiger partial charge on any atom is 0.234 e. The Bertz CT molecular complexity index is 257. The molecule has 2 rings (SSSR count). The molecule has 0 spiro atoms. The smallest absolute Gasteiger partial charge is 0.234 e. The molecule has 0 aliphatic heterocycles. The minimum Gasteiger partial charge on any atom is -0.352 e. The Balaban J connectivity index is 1.84. The summed E-state index contributed by atoms with van der Waals surface area (Å²) in [5, 5.41) is 3.03. The maximum absolute atomic E-state index is 11.7. The van der Waals surface area contributed by atoms with Gasteiger partial charge in [-0.1, -0.05) is 12.8 Å². The molecule has 92 valence electrons. The predicted octanol–water partition coefficient (Wildman–Crippen LogP) is 0.468. The van der Waals surface area contributed by atoms with Crippen LogP contribution in [0.3, 0.4) is 0 Å². The molecular weight excluding hydrogens is 202 g/mol. The molecule has 0 radical (unpaired) electrons. The predicted molar refractivity (Wildman–Crippen MR) is 64.0 cm³/mol. The van der Waals surface area contributed by atoms with Crippen LogP contribution in [0.1, 0.15) is 38.5 Å². The summed E-state index contributed by atoms with van der Waals surface area (Å²) in [6, 6.07) is 0.457. The molecule has 4 nitrogen and oxygen atoms in total. The van der Waals surface area contributed by atoms with Gasteiger partial charge in [-0.15, -0.1) is 0 Å². The van der Waals surface area contributed by atoms with Crippen molar-refractivity contribution in [3.8, 4) is 0 Å². The molecule has 0 heterocycles. The van der Waals surface area contributed by atoms with Crippen molar-refractivity contribution in [2.45, 2.75) is 50.1 Å². The van der Waals surface area contributed by atoms with Gasteiger partial charge in [0.05, 0.1) is 6.54 Å². The first kappa shape index (κ1) is 11.9. The zero-order valence-electron chi connectivity index (χ0n) is 10.2. The molecule has 2 aliphatic carbocycles. The van der Waals surface area contributed by atoms with Crippen LogP contribution in [0, 0.1) is 0 Å². The molecule has 0 unspecified atom stereocenters. The van der Waals surface area contributed by atoms with E-state index in [0.29, 0.717) is 19.1 Å². The van der Waals surface area contributed by atoms with E-state index in [1.807, 2.05) is 7.05 Å². The Hall–Kier alpha value is -0.610. The van der Waals surface area contributed by atoms with Crippen molar-refractivity contribution in [3.05, 3.63) is 0 Å². The van der Waals surface area contributed by atoms with Crippen LogP contribution in [0.5, 0.6) is 0 Å². The monoisotopic (exact) mass is 225 g/mol. The van der Waals surface area contributed by atoms with Crippen molar-refractivity contribution in [2.24, 2.45) is 5.73 Å². The zero-order chi connectivity index (χ0) is 11.6. The van der Waals surface area contributed by atoms with Crippen molar-refractivity contribution in [3.63, 3.8) is 0 Å². The van der Waals surface area contributed by atoms with Crippen molar-refractivity contribution in [2.75, 3.05) is 20.1 Å². The van der Waals surface area contributed by atoms with E-state index in [4.69, 9.17) is 5.73 Å². The second-order valence-electron chi connectivity index (χ2n) is 5.33. The lowest BCUT2D eigenvalue weighted by Gasteiger charge is -2.37. The minimum absolute atomic E-state index is 0.0842. The SMILES string of the molecule is CN(CC(=O)NC1CC1)C1(CN)CCCC1. The van der Waals surface area contributed by atoms with E-state index in [0.717, 1.165) is 25.7 Å². The number of carbonyl (C=O) groups excluding carboxylic acids is 1. The highest BCUT2D eigenvalue weighted by atomic mass is 16.2. The van der Waals surface area contributed by atoms with E-state index in [1.54, 1.807) is 0 Å². The van der Waals surface area contributed by atoms with Crippen molar-refractivity contribution < 1.29 is 4.79 Å². The first-order chi connectivity index (χ1) is 7.66. The number of rotatable bonds is 5. The fourth-order valence-corrected chi connectivity index (χ4v) is 2.66. The van der Waals surface area contributed by atoms with Crippen LogP contribution in [-0.4, -0.2) is 42.5 Å². The quantitative estimate of drug-likeness (QED) is 0.715. The Morgan fingerprint density at radius 3 is 2.56 bits per heavy atom. The fraction of sp³-hybridized carbons (Fsp3) is 0.917. The van der Waals surface area contributed by atoms with Crippen molar-refractivity contribution in [1.29, 1.82) is 0 Å². The van der Waals surface area contributed by atoms with Gasteiger partial charge in [0.15, 0.2) is 0 Å². The van der Waals surface area contributed by atoms with E-state index in [1.165, 1.54) is 12.8 Å². The topological polar surface area (TPSA) is 58.4 Å². The summed E-state index contributed by atoms with van der Waals surface area (Å²) in [6.07, 6.45) is 7.06. The largest absolute Gasteiger partial charge is 0.352 e. The van der Waals surface area contributed by atoms with Gasteiger partial charge in [0, 0.05) is 18.1 Å². The second-order valence-corrected chi connectivity index (χ2v) is 5.33. The second kappa shape index (κ2) is 4.72. The summed E-state index contributed by atoms with van der Waals surface area (Å²) in [6.45, 7) is 1.16. The van der Waals surface area contributed by atoms with E-state index in [-0.39, 0.29) is 11.4 Å². The molecule has 2 aliphatic rings. The summed E-state index contributed by atoms with van der Waals surface area (Å²) in [5.74, 6) is 0.157. The van der Waals surface area contributed by atoms with Crippen molar-refractivity contribution >= 4 is 5.91 Å². The highest BCUT2D eigenvalue weighted by molar-refractivity contribution is 5.78. The summed E-state index contributed by atoms with van der Waals surface area (Å²) in [7, 11) is 2.03. The highest BCUT2D eigenvalue weighted by Gasteiger charge is 2.37. The van der Waals surface area contributed by atoms with Gasteiger partial charge in [0.1, 0.15) is 0 Å². The minimum atomic E-state index is 0.0842. The molecule has 0 saturated heterocycles. The number of amides is 1. The average Bonchev–Trinajstić information content (AvgIpc) is 2.93. The van der Waals surface area contributed by atoms with Gasteiger partial charge >= 0.3 is 0 Å². The molecule has 0 aromatic heterocycles. The zero-order valence-corrected chi connectivity index (χ0v) is 10.2. The lowest BCUT2D eigenvalue weighted by molar-refractivity contribution is -0.123. The Morgan fingerprint density at radius 1 is 1.44 bits per heavy atom. The third-order valence-corrected chi connectivity index (χ3v) is 4.05. The number of hydrogen-bond acceptors (Lipinski definition) is 3. The first-order valence-electron chi connectivity index (χ1n) is 6.37. The number of nitrogens with one attached hydrogen (secondary N) is 1. The number of carbonyl (C=O) groups is 1. The molecule has 0 aromatic carbocycles. The number of nitrogens with zero attached hydrogens (tertiary/aromatic N) is 1. The summed E-state index contributed by atoms with van der Waals surface area (Å²) >= 11 is 0. The van der Waals surface area contributed by atoms with Crippen LogP contribution in [0.2, 0.25) is 0 Å². The molecular formula is C12H23N3O. The van der Waals surface area contributed by atoms with Gasteiger partial charge in [-0.3, -0.25) is 9.69 Å². The van der Waals surface area contributed by atoms with Gasteiger partial charge in [-0.05, 0) is 32.7 Å². The number of nitrogens with two attached hydrogens (primary N) is 1. The van der Waals surface area contributed by atoms with Crippen LogP contribution in [0.25, 0.3) is 0 Å². The van der Waals surface area contributed by atoms with Crippen LogP contribution in [-0.2, 0) is 4.79 Å². The first-order valence-corrected chi connectivity index (χ1v) is 6.37. The number of likely N-dealkylation sites (N-methyl/N-ethyl adjacent to an activating group) is 1. The third-order valence-electron chi connectivity index (χ3n) is 4.05. The molecule has 0 aromatic rings. The number of hydrogen-bond donors (Lipinski definition) is 2. The Morgan fingerprint density at radius 2 is 2.06 bits per heavy atom. The molecule has 0 bridgehead atoms. The lowest BCUT2D eigenvalue weighted by Crippen LogP contribution is -2.53. The average molecular weight is 225 g/mol. The lowest BCUT2D eigenvalue weighted by atomic mass is 9.96. The molecule has 3 N–H and O–H groups in total. The maximum atomic E-state index is 11.7. The van der Waals surface area contributed by atoms with Gasteiger partial charge in [0.25, 0.3) is 0 Å². The molecule has 0 atom stereocenters. The van der Waals surface area contributed by atoms with Gasteiger partial charge in [-0.2, -0.15) is 0 Å². The van der Waals surface area contributed by atoms with Gasteiger partial charge in [-0.25, -0.2) is 0 Å². The van der Waals surface area contributed by atoms with Crippen LogP contribution >= 0.6 is 0 Å². The van der Waals surface area contributed by atoms with E-state index in [2.05, 4.69) is 10.2 Å². The van der Waals surface area contributed by atoms with Crippen LogP contribution in [0.4, 0.5) is 0 Å². The third kappa shape index (κ3) is 2.55. The molecule has 16 heavy (non-hydrogen) atoms.